The normalized spacial score (nSPS) is 20.3. The zero-order valence-corrected chi connectivity index (χ0v) is 18.6. The van der Waals surface area contributed by atoms with Crippen LogP contribution in [0.3, 0.4) is 0 Å². The van der Waals surface area contributed by atoms with Crippen LogP contribution in [0.4, 0.5) is 24.5 Å². The Kier molecular flexibility index (Phi) is 5.40. The number of anilines is 2. The minimum absolute atomic E-state index is 0.0443. The molecule has 1 spiro atoms. The van der Waals surface area contributed by atoms with Gasteiger partial charge in [-0.05, 0) is 30.3 Å². The van der Waals surface area contributed by atoms with E-state index in [9.17, 15) is 27.6 Å². The third-order valence-electron chi connectivity index (χ3n) is 6.13. The molecule has 2 aliphatic rings. The van der Waals surface area contributed by atoms with Crippen molar-refractivity contribution in [2.24, 2.45) is 0 Å². The Morgan fingerprint density at radius 2 is 1.50 bits per heavy atom. The minimum Gasteiger partial charge on any atom is -0.466 e. The number of ether oxygens (including phenoxy) is 2. The molecule has 0 bridgehead atoms. The zero-order valence-electron chi connectivity index (χ0n) is 18.6. The molecule has 0 radical (unpaired) electrons. The summed E-state index contributed by atoms with van der Waals surface area (Å²) in [6, 6.07) is 10.5. The Balaban J connectivity index is 2.04. The lowest BCUT2D eigenvalue weighted by Gasteiger charge is -2.35. The highest BCUT2D eigenvalue weighted by Gasteiger charge is 2.65. The van der Waals surface area contributed by atoms with Gasteiger partial charge < -0.3 is 14.5 Å². The lowest BCUT2D eigenvalue weighted by molar-refractivity contribution is -0.141. The number of benzene rings is 2. The number of nitrogens with zero attached hydrogens (tertiary/aromatic N) is 3. The molecule has 0 aliphatic carbocycles. The van der Waals surface area contributed by atoms with Crippen molar-refractivity contribution in [1.82, 2.24) is 5.01 Å². The third-order valence-corrected chi connectivity index (χ3v) is 6.13. The highest BCUT2D eigenvalue weighted by atomic mass is 19.4. The molecule has 34 heavy (non-hydrogen) atoms. The fourth-order valence-corrected chi connectivity index (χ4v) is 4.51. The molecule has 4 rings (SSSR count). The topological polar surface area (TPSA) is 79.4 Å². The first-order chi connectivity index (χ1) is 16.0. The molecule has 2 aromatic rings. The van der Waals surface area contributed by atoms with Gasteiger partial charge in [-0.2, -0.15) is 18.2 Å². The number of hydrazine groups is 1. The molecule has 0 saturated heterocycles. The number of carbonyl (C=O) groups excluding carboxylic acids is 3. The highest BCUT2D eigenvalue weighted by molar-refractivity contribution is 6.24. The molecule has 2 aliphatic heterocycles. The van der Waals surface area contributed by atoms with Gasteiger partial charge in [0.1, 0.15) is 11.3 Å². The van der Waals surface area contributed by atoms with E-state index in [1.807, 2.05) is 0 Å². The number of fused-ring (bicyclic) bond motifs is 2. The van der Waals surface area contributed by atoms with Gasteiger partial charge in [0.25, 0.3) is 5.91 Å². The number of alkyl halides is 3. The lowest BCUT2D eigenvalue weighted by Crippen LogP contribution is -2.54. The van der Waals surface area contributed by atoms with E-state index in [2.05, 4.69) is 0 Å². The van der Waals surface area contributed by atoms with E-state index >= 15 is 0 Å². The van der Waals surface area contributed by atoms with Gasteiger partial charge in [-0.1, -0.05) is 18.2 Å². The van der Waals surface area contributed by atoms with Gasteiger partial charge in [-0.25, -0.2) is 9.59 Å². The second kappa shape index (κ2) is 7.87. The number of likely N-dealkylation sites (N-methyl/N-ethyl adjacent to an activating group) is 1. The number of methoxy groups -OCH3 is 2. The summed E-state index contributed by atoms with van der Waals surface area (Å²) in [7, 11) is 5.41. The second-order valence-corrected chi connectivity index (χ2v) is 7.67. The molecule has 1 amide bonds. The van der Waals surface area contributed by atoms with Crippen molar-refractivity contribution in [3.05, 3.63) is 70.9 Å². The van der Waals surface area contributed by atoms with Crippen LogP contribution >= 0.6 is 0 Å². The first-order valence-corrected chi connectivity index (χ1v) is 10.0. The van der Waals surface area contributed by atoms with Crippen LogP contribution in [0.2, 0.25) is 0 Å². The maximum absolute atomic E-state index is 14.2. The summed E-state index contributed by atoms with van der Waals surface area (Å²) in [6.07, 6.45) is -4.60. The predicted molar refractivity (Wildman–Crippen MR) is 114 cm³/mol. The van der Waals surface area contributed by atoms with Gasteiger partial charge in [-0.15, -0.1) is 0 Å². The van der Waals surface area contributed by atoms with E-state index in [0.29, 0.717) is 11.3 Å². The number of amides is 1. The van der Waals surface area contributed by atoms with E-state index in [1.54, 1.807) is 43.4 Å². The Hall–Kier alpha value is -3.86. The van der Waals surface area contributed by atoms with Crippen molar-refractivity contribution >= 4 is 29.2 Å². The first kappa shape index (κ1) is 23.3. The molecule has 2 heterocycles. The van der Waals surface area contributed by atoms with Crippen LogP contribution in [-0.2, 0) is 35.6 Å². The molecule has 0 fully saturated rings. The number of para-hydroxylation sites is 1. The van der Waals surface area contributed by atoms with Gasteiger partial charge in [-0.3, -0.25) is 9.69 Å². The van der Waals surface area contributed by atoms with E-state index in [4.69, 9.17) is 9.47 Å². The van der Waals surface area contributed by atoms with Gasteiger partial charge in [0, 0.05) is 25.3 Å². The summed E-state index contributed by atoms with van der Waals surface area (Å²) in [5.74, 6) is -2.72. The minimum atomic E-state index is -4.60. The van der Waals surface area contributed by atoms with E-state index in [0.717, 1.165) is 43.4 Å². The van der Waals surface area contributed by atoms with Crippen LogP contribution in [0, 0.1) is 0 Å². The monoisotopic (exact) mass is 475 g/mol. The highest BCUT2D eigenvalue weighted by Crippen LogP contribution is 2.54. The van der Waals surface area contributed by atoms with Gasteiger partial charge in [0.15, 0.2) is 5.54 Å². The summed E-state index contributed by atoms with van der Waals surface area (Å²) in [4.78, 5) is 41.1. The number of halogens is 3. The number of esters is 2. The summed E-state index contributed by atoms with van der Waals surface area (Å²) in [6.45, 7) is 0. The average Bonchev–Trinajstić information content (AvgIpc) is 3.22. The molecule has 0 aromatic heterocycles. The molecule has 178 valence electrons. The number of hydrogen-bond acceptors (Lipinski definition) is 7. The van der Waals surface area contributed by atoms with Crippen LogP contribution in [0.1, 0.15) is 11.1 Å². The van der Waals surface area contributed by atoms with E-state index in [-0.39, 0.29) is 11.3 Å². The van der Waals surface area contributed by atoms with Gasteiger partial charge >= 0.3 is 18.1 Å². The Labute approximate surface area is 192 Å². The van der Waals surface area contributed by atoms with Crippen LogP contribution in [0.5, 0.6) is 0 Å². The molecule has 2 aromatic carbocycles. The van der Waals surface area contributed by atoms with Crippen molar-refractivity contribution in [2.75, 3.05) is 38.2 Å². The fraction of sp³-hybridized carbons (Fsp3) is 0.261. The van der Waals surface area contributed by atoms with Crippen molar-refractivity contribution in [2.45, 2.75) is 11.7 Å². The van der Waals surface area contributed by atoms with E-state index < -0.39 is 40.8 Å². The summed E-state index contributed by atoms with van der Waals surface area (Å²) < 4.78 is 49.2. The number of carbonyl (C=O) groups is 3. The molecule has 11 heteroatoms. The van der Waals surface area contributed by atoms with Gasteiger partial charge in [0.05, 0.1) is 25.5 Å². The first-order valence-electron chi connectivity index (χ1n) is 10.0. The predicted octanol–water partition coefficient (Wildman–Crippen LogP) is 2.84. The Morgan fingerprint density at radius 3 is 2.06 bits per heavy atom. The largest absolute Gasteiger partial charge is 0.466 e. The third kappa shape index (κ3) is 3.00. The van der Waals surface area contributed by atoms with Crippen LogP contribution in [0.15, 0.2) is 59.8 Å². The SMILES string of the molecule is COC(=O)C1=C(C(=O)OC)C2(C(=O)N1c1ccc(C(F)(F)F)cc1)c1ccccc1N(C)N2C. The molecule has 1 unspecified atom stereocenters. The standard InChI is InChI=1S/C23H20F3N3O5/c1-27-16-8-6-5-7-15(16)22(28(27)2)17(19(30)33-3)18(20(31)34-4)29(21(22)32)14-11-9-13(10-12-14)23(24,25)26/h5-12H,1-4H3. The smallest absolute Gasteiger partial charge is 0.416 e. The van der Waals surface area contributed by atoms with Crippen molar-refractivity contribution in [1.29, 1.82) is 0 Å². The van der Waals surface area contributed by atoms with Crippen LogP contribution < -0.4 is 9.91 Å². The van der Waals surface area contributed by atoms with E-state index in [1.165, 1.54) is 5.01 Å². The number of rotatable bonds is 3. The molecule has 8 nitrogen and oxygen atoms in total. The zero-order chi connectivity index (χ0) is 25.0. The summed E-state index contributed by atoms with van der Waals surface area (Å²) in [5.41, 5.74) is -2.53. The van der Waals surface area contributed by atoms with Crippen LogP contribution in [0.25, 0.3) is 0 Å². The summed E-state index contributed by atoms with van der Waals surface area (Å²) >= 11 is 0. The average molecular weight is 475 g/mol. The second-order valence-electron chi connectivity index (χ2n) is 7.67. The quantitative estimate of drug-likeness (QED) is 0.632. The van der Waals surface area contributed by atoms with Crippen molar-refractivity contribution in [3.63, 3.8) is 0 Å². The maximum atomic E-state index is 14.2. The molecule has 1 atom stereocenters. The molecule has 0 saturated carbocycles. The maximum Gasteiger partial charge on any atom is 0.416 e. The Bertz CT molecular complexity index is 1230. The summed E-state index contributed by atoms with van der Waals surface area (Å²) in [5, 5.41) is 3.13. The van der Waals surface area contributed by atoms with Crippen LogP contribution in [-0.4, -0.2) is 51.2 Å². The van der Waals surface area contributed by atoms with Crippen molar-refractivity contribution < 1.29 is 37.0 Å². The lowest BCUT2D eigenvalue weighted by atomic mass is 9.83. The Morgan fingerprint density at radius 1 is 0.912 bits per heavy atom. The molecular weight excluding hydrogens is 455 g/mol. The van der Waals surface area contributed by atoms with Crippen molar-refractivity contribution in [3.8, 4) is 0 Å². The molecule has 0 N–H and O–H groups in total. The molecular formula is C23H20F3N3O5. The van der Waals surface area contributed by atoms with Gasteiger partial charge in [0.2, 0.25) is 0 Å². The number of hydrogen-bond donors (Lipinski definition) is 0. The fourth-order valence-electron chi connectivity index (χ4n) is 4.51.